The monoisotopic (exact) mass is 262 g/mol. The quantitative estimate of drug-likeness (QED) is 0.781. The summed E-state index contributed by atoms with van der Waals surface area (Å²) < 4.78 is 16.7. The zero-order valence-corrected chi connectivity index (χ0v) is 11.0. The predicted octanol–water partition coefficient (Wildman–Crippen LogP) is 2.27. The molecule has 0 spiro atoms. The van der Waals surface area contributed by atoms with Crippen LogP contribution in [0.25, 0.3) is 0 Å². The topological polar surface area (TPSA) is 44.8 Å². The standard InChI is InChI=1S/C15H18O4/c1-10(17-9-11-5-3-2-4-6-11)15-12-7-13(16)18-14(8-12)19-15/h2-6,10,12,14-15H,7-9H2,1H3/t10-,12-,14-,15+/m0/s1. The smallest absolute Gasteiger partial charge is 0.308 e. The molecule has 102 valence electrons. The van der Waals surface area contributed by atoms with E-state index in [1.165, 1.54) is 0 Å². The molecule has 2 fully saturated rings. The molecule has 0 aliphatic carbocycles. The SMILES string of the molecule is C[C@H](OCc1ccccc1)[C@H]1O[C@H]2C[C@@H]1CC(=O)O2. The molecule has 1 aromatic rings. The fourth-order valence-corrected chi connectivity index (χ4v) is 2.80. The summed E-state index contributed by atoms with van der Waals surface area (Å²) in [7, 11) is 0. The molecule has 2 aliphatic heterocycles. The van der Waals surface area contributed by atoms with E-state index in [4.69, 9.17) is 14.2 Å². The van der Waals surface area contributed by atoms with Crippen molar-refractivity contribution in [3.63, 3.8) is 0 Å². The van der Waals surface area contributed by atoms with Crippen molar-refractivity contribution in [2.24, 2.45) is 5.92 Å². The van der Waals surface area contributed by atoms with Gasteiger partial charge in [-0.2, -0.15) is 0 Å². The first-order chi connectivity index (χ1) is 9.22. The largest absolute Gasteiger partial charge is 0.436 e. The third-order valence-corrected chi connectivity index (χ3v) is 3.78. The Morgan fingerprint density at radius 3 is 2.95 bits per heavy atom. The van der Waals surface area contributed by atoms with E-state index < -0.39 is 0 Å². The molecule has 4 heteroatoms. The fraction of sp³-hybridized carbons (Fsp3) is 0.533. The lowest BCUT2D eigenvalue weighted by Crippen LogP contribution is -2.31. The number of fused-ring (bicyclic) bond motifs is 2. The van der Waals surface area contributed by atoms with Gasteiger partial charge in [0.2, 0.25) is 6.29 Å². The zero-order chi connectivity index (χ0) is 13.2. The van der Waals surface area contributed by atoms with Crippen molar-refractivity contribution >= 4 is 5.97 Å². The third kappa shape index (κ3) is 2.80. The van der Waals surface area contributed by atoms with E-state index in [9.17, 15) is 4.79 Å². The molecule has 3 rings (SSSR count). The Morgan fingerprint density at radius 1 is 1.37 bits per heavy atom. The van der Waals surface area contributed by atoms with Crippen LogP contribution in [0.4, 0.5) is 0 Å². The van der Waals surface area contributed by atoms with Gasteiger partial charge in [0.1, 0.15) is 0 Å². The molecule has 2 saturated heterocycles. The number of rotatable bonds is 4. The summed E-state index contributed by atoms with van der Waals surface area (Å²) in [5.41, 5.74) is 1.14. The predicted molar refractivity (Wildman–Crippen MR) is 68.2 cm³/mol. The summed E-state index contributed by atoms with van der Waals surface area (Å²) in [6.07, 6.45) is 0.805. The number of hydrogen-bond donors (Lipinski definition) is 0. The highest BCUT2D eigenvalue weighted by Crippen LogP contribution is 2.37. The first-order valence-corrected chi connectivity index (χ1v) is 6.73. The number of benzene rings is 1. The summed E-state index contributed by atoms with van der Waals surface area (Å²) in [5, 5.41) is 0. The van der Waals surface area contributed by atoms with Crippen LogP contribution in [0.5, 0.6) is 0 Å². The van der Waals surface area contributed by atoms with Gasteiger partial charge in [0.25, 0.3) is 0 Å². The Kier molecular flexibility index (Phi) is 3.53. The van der Waals surface area contributed by atoms with Gasteiger partial charge >= 0.3 is 5.97 Å². The van der Waals surface area contributed by atoms with E-state index >= 15 is 0 Å². The zero-order valence-electron chi connectivity index (χ0n) is 11.0. The molecule has 2 aliphatic rings. The highest BCUT2D eigenvalue weighted by Gasteiger charge is 2.45. The fourth-order valence-electron chi connectivity index (χ4n) is 2.80. The van der Waals surface area contributed by atoms with Crippen LogP contribution < -0.4 is 0 Å². The maximum Gasteiger partial charge on any atom is 0.308 e. The van der Waals surface area contributed by atoms with Crippen LogP contribution in [0.15, 0.2) is 30.3 Å². The summed E-state index contributed by atoms with van der Waals surface area (Å²) in [6.45, 7) is 2.56. The minimum atomic E-state index is -0.362. The summed E-state index contributed by atoms with van der Waals surface area (Å²) in [6, 6.07) is 10.0. The van der Waals surface area contributed by atoms with Crippen molar-refractivity contribution in [2.45, 2.75) is 44.9 Å². The number of carbonyl (C=O) groups is 1. The Hall–Kier alpha value is -1.39. The molecular weight excluding hydrogens is 244 g/mol. The maximum absolute atomic E-state index is 11.3. The number of ether oxygens (including phenoxy) is 3. The summed E-state index contributed by atoms with van der Waals surface area (Å²) in [5.74, 6) is 0.0797. The normalized spacial score (nSPS) is 31.0. The van der Waals surface area contributed by atoms with Gasteiger partial charge in [0.05, 0.1) is 25.2 Å². The lowest BCUT2D eigenvalue weighted by molar-refractivity contribution is -0.179. The maximum atomic E-state index is 11.3. The molecule has 2 heterocycles. The lowest BCUT2D eigenvalue weighted by atomic mass is 9.93. The highest BCUT2D eigenvalue weighted by atomic mass is 16.7. The van der Waals surface area contributed by atoms with Gasteiger partial charge in [-0.25, -0.2) is 0 Å². The number of esters is 1. The van der Waals surface area contributed by atoms with Crippen LogP contribution in [-0.4, -0.2) is 24.5 Å². The van der Waals surface area contributed by atoms with Crippen LogP contribution >= 0.6 is 0 Å². The van der Waals surface area contributed by atoms with E-state index in [1.54, 1.807) is 0 Å². The molecule has 0 saturated carbocycles. The van der Waals surface area contributed by atoms with Crippen LogP contribution in [0, 0.1) is 5.92 Å². The Labute approximate surface area is 112 Å². The average molecular weight is 262 g/mol. The molecule has 4 atom stereocenters. The molecule has 0 unspecified atom stereocenters. The second kappa shape index (κ2) is 5.31. The molecular formula is C15H18O4. The van der Waals surface area contributed by atoms with E-state index in [1.807, 2.05) is 37.3 Å². The molecule has 4 nitrogen and oxygen atoms in total. The van der Waals surface area contributed by atoms with Gasteiger partial charge in [-0.15, -0.1) is 0 Å². The Bertz CT molecular complexity index is 445. The first-order valence-electron chi connectivity index (χ1n) is 6.73. The van der Waals surface area contributed by atoms with Gasteiger partial charge in [-0.1, -0.05) is 30.3 Å². The molecule has 19 heavy (non-hydrogen) atoms. The minimum Gasteiger partial charge on any atom is -0.436 e. The highest BCUT2D eigenvalue weighted by molar-refractivity contribution is 5.70. The molecule has 2 bridgehead atoms. The first kappa shape index (κ1) is 12.6. The molecule has 0 amide bonds. The molecule has 0 N–H and O–H groups in total. The van der Waals surface area contributed by atoms with Crippen molar-refractivity contribution in [3.05, 3.63) is 35.9 Å². The average Bonchev–Trinajstić information content (AvgIpc) is 2.72. The number of carbonyl (C=O) groups excluding carboxylic acids is 1. The number of hydrogen-bond acceptors (Lipinski definition) is 4. The van der Waals surface area contributed by atoms with Crippen LogP contribution in [0.3, 0.4) is 0 Å². The van der Waals surface area contributed by atoms with Gasteiger partial charge in [0, 0.05) is 12.3 Å². The molecule has 0 aromatic heterocycles. The van der Waals surface area contributed by atoms with E-state index in [2.05, 4.69) is 0 Å². The van der Waals surface area contributed by atoms with Crippen molar-refractivity contribution in [2.75, 3.05) is 0 Å². The van der Waals surface area contributed by atoms with Gasteiger partial charge in [-0.3, -0.25) is 4.79 Å². The second-order valence-electron chi connectivity index (χ2n) is 5.22. The Balaban J connectivity index is 1.56. The second-order valence-corrected chi connectivity index (χ2v) is 5.22. The third-order valence-electron chi connectivity index (χ3n) is 3.78. The van der Waals surface area contributed by atoms with Crippen LogP contribution in [0.1, 0.15) is 25.3 Å². The van der Waals surface area contributed by atoms with E-state index in [0.29, 0.717) is 13.0 Å². The van der Waals surface area contributed by atoms with E-state index in [0.717, 1.165) is 12.0 Å². The van der Waals surface area contributed by atoms with Crippen molar-refractivity contribution in [1.29, 1.82) is 0 Å². The van der Waals surface area contributed by atoms with E-state index in [-0.39, 0.29) is 30.4 Å². The van der Waals surface area contributed by atoms with Crippen molar-refractivity contribution in [1.82, 2.24) is 0 Å². The van der Waals surface area contributed by atoms with Crippen molar-refractivity contribution < 1.29 is 19.0 Å². The molecule has 0 radical (unpaired) electrons. The minimum absolute atomic E-state index is 0.0373. The van der Waals surface area contributed by atoms with Crippen LogP contribution in [-0.2, 0) is 25.6 Å². The van der Waals surface area contributed by atoms with Crippen LogP contribution in [0.2, 0.25) is 0 Å². The lowest BCUT2D eigenvalue weighted by Gasteiger charge is -2.23. The Morgan fingerprint density at radius 2 is 2.16 bits per heavy atom. The summed E-state index contributed by atoms with van der Waals surface area (Å²) in [4.78, 5) is 11.3. The van der Waals surface area contributed by atoms with Gasteiger partial charge < -0.3 is 14.2 Å². The summed E-state index contributed by atoms with van der Waals surface area (Å²) >= 11 is 0. The van der Waals surface area contributed by atoms with Crippen molar-refractivity contribution in [3.8, 4) is 0 Å². The van der Waals surface area contributed by atoms with Gasteiger partial charge in [0.15, 0.2) is 0 Å². The van der Waals surface area contributed by atoms with Gasteiger partial charge in [-0.05, 0) is 12.5 Å². The molecule has 1 aromatic carbocycles.